The first-order chi connectivity index (χ1) is 8.97. The average molecular weight is 388 g/mol. The number of pyridine rings is 1. The van der Waals surface area contributed by atoms with Crippen LogP contribution >= 0.6 is 34.2 Å². The molecule has 0 saturated carbocycles. The van der Waals surface area contributed by atoms with Gasteiger partial charge in [-0.15, -0.1) is 0 Å². The van der Waals surface area contributed by atoms with E-state index in [-0.39, 0.29) is 0 Å². The summed E-state index contributed by atoms with van der Waals surface area (Å²) in [4.78, 5) is 13.3. The van der Waals surface area contributed by atoms with Gasteiger partial charge in [-0.05, 0) is 59.5 Å². The summed E-state index contributed by atoms with van der Waals surface area (Å²) in [5.74, 6) is 1.13. The third kappa shape index (κ3) is 3.63. The van der Waals surface area contributed by atoms with Crippen LogP contribution in [0.3, 0.4) is 0 Å². The highest BCUT2D eigenvalue weighted by molar-refractivity contribution is 14.1. The molecule has 0 radical (unpaired) electrons. The minimum Gasteiger partial charge on any atom is -0.253 e. The van der Waals surface area contributed by atoms with E-state index in [0.29, 0.717) is 16.9 Å². The highest BCUT2D eigenvalue weighted by atomic mass is 127. The summed E-state index contributed by atoms with van der Waals surface area (Å²) >= 11 is 8.41. The van der Waals surface area contributed by atoms with Crippen molar-refractivity contribution in [3.63, 3.8) is 0 Å². The maximum Gasteiger partial charge on any atom is 0.179 e. The van der Waals surface area contributed by atoms with E-state index in [1.807, 2.05) is 19.1 Å². The fourth-order valence-corrected chi connectivity index (χ4v) is 2.41. The van der Waals surface area contributed by atoms with Gasteiger partial charge in [-0.3, -0.25) is 4.98 Å². The van der Waals surface area contributed by atoms with Crippen LogP contribution in [0.4, 0.5) is 0 Å². The first-order valence-electron chi connectivity index (χ1n) is 6.12. The van der Waals surface area contributed by atoms with Crippen molar-refractivity contribution < 1.29 is 0 Å². The van der Waals surface area contributed by atoms with Gasteiger partial charge in [0.1, 0.15) is 10.8 Å². The van der Waals surface area contributed by atoms with E-state index in [2.05, 4.69) is 51.4 Å². The second-order valence-electron chi connectivity index (χ2n) is 4.92. The minimum absolute atomic E-state index is 0.504. The number of aryl methyl sites for hydroxylation is 1. The molecule has 19 heavy (non-hydrogen) atoms. The Morgan fingerprint density at radius 1 is 1.32 bits per heavy atom. The molecule has 0 unspecified atom stereocenters. The molecule has 5 heteroatoms. The molecule has 2 aromatic heterocycles. The number of aromatic nitrogens is 3. The van der Waals surface area contributed by atoms with E-state index in [0.717, 1.165) is 26.9 Å². The highest BCUT2D eigenvalue weighted by Crippen LogP contribution is 2.24. The number of hydrogen-bond acceptors (Lipinski definition) is 3. The molecule has 0 N–H and O–H groups in total. The zero-order chi connectivity index (χ0) is 14.0. The van der Waals surface area contributed by atoms with Crippen molar-refractivity contribution in [2.75, 3.05) is 0 Å². The Labute approximate surface area is 132 Å². The fourth-order valence-electron chi connectivity index (χ4n) is 1.76. The van der Waals surface area contributed by atoms with Gasteiger partial charge in [0.2, 0.25) is 0 Å². The topological polar surface area (TPSA) is 38.7 Å². The summed E-state index contributed by atoms with van der Waals surface area (Å²) in [6.07, 6.45) is 2.65. The van der Waals surface area contributed by atoms with Crippen LogP contribution in [-0.2, 0) is 6.42 Å². The molecule has 0 spiro atoms. The number of halogens is 2. The van der Waals surface area contributed by atoms with Crippen LogP contribution in [-0.4, -0.2) is 15.0 Å². The zero-order valence-corrected chi connectivity index (χ0v) is 14.0. The molecule has 0 atom stereocenters. The SMILES string of the molecule is Cc1ccnc(-c2nc(Cl)c(I)c(CC(C)C)n2)c1. The Bertz CT molecular complexity index is 599. The van der Waals surface area contributed by atoms with Gasteiger partial charge < -0.3 is 0 Å². The number of nitrogens with zero attached hydrogens (tertiary/aromatic N) is 3. The first-order valence-corrected chi connectivity index (χ1v) is 7.58. The lowest BCUT2D eigenvalue weighted by atomic mass is 10.1. The molecule has 0 bridgehead atoms. The minimum atomic E-state index is 0.504. The van der Waals surface area contributed by atoms with Gasteiger partial charge in [-0.25, -0.2) is 9.97 Å². The summed E-state index contributed by atoms with van der Waals surface area (Å²) in [5, 5.41) is 0.504. The van der Waals surface area contributed by atoms with Crippen molar-refractivity contribution in [1.82, 2.24) is 15.0 Å². The van der Waals surface area contributed by atoms with Crippen molar-refractivity contribution in [3.05, 3.63) is 38.3 Å². The van der Waals surface area contributed by atoms with Gasteiger partial charge in [0.05, 0.1) is 9.26 Å². The Morgan fingerprint density at radius 3 is 2.68 bits per heavy atom. The lowest BCUT2D eigenvalue weighted by Crippen LogP contribution is -2.05. The Balaban J connectivity index is 2.50. The van der Waals surface area contributed by atoms with Gasteiger partial charge in [0, 0.05) is 6.20 Å². The lowest BCUT2D eigenvalue weighted by Gasteiger charge is -2.10. The van der Waals surface area contributed by atoms with Crippen LogP contribution in [0, 0.1) is 16.4 Å². The van der Waals surface area contributed by atoms with Gasteiger partial charge in [-0.1, -0.05) is 25.4 Å². The fraction of sp³-hybridized carbons (Fsp3) is 0.357. The molecular weight excluding hydrogens is 373 g/mol. The van der Waals surface area contributed by atoms with Crippen LogP contribution in [0.5, 0.6) is 0 Å². The normalized spacial score (nSPS) is 11.1. The molecule has 0 aliphatic rings. The Kier molecular flexibility index (Phi) is 4.73. The van der Waals surface area contributed by atoms with E-state index in [4.69, 9.17) is 11.6 Å². The summed E-state index contributed by atoms with van der Waals surface area (Å²) in [7, 11) is 0. The predicted octanol–water partition coefficient (Wildman–Crippen LogP) is 4.30. The van der Waals surface area contributed by atoms with Crippen LogP contribution in [0.25, 0.3) is 11.5 Å². The van der Waals surface area contributed by atoms with Crippen molar-refractivity contribution in [3.8, 4) is 11.5 Å². The summed E-state index contributed by atoms with van der Waals surface area (Å²) in [5.41, 5.74) is 2.89. The molecule has 100 valence electrons. The van der Waals surface area contributed by atoms with Gasteiger partial charge in [-0.2, -0.15) is 0 Å². The molecule has 0 saturated heterocycles. The molecular formula is C14H15ClIN3. The van der Waals surface area contributed by atoms with E-state index in [9.17, 15) is 0 Å². The highest BCUT2D eigenvalue weighted by Gasteiger charge is 2.13. The van der Waals surface area contributed by atoms with Crippen molar-refractivity contribution >= 4 is 34.2 Å². The molecule has 0 aliphatic heterocycles. The maximum atomic E-state index is 6.21. The molecule has 0 fully saturated rings. The Morgan fingerprint density at radius 2 is 2.05 bits per heavy atom. The number of hydrogen-bond donors (Lipinski definition) is 0. The zero-order valence-electron chi connectivity index (χ0n) is 11.1. The van der Waals surface area contributed by atoms with Gasteiger partial charge >= 0.3 is 0 Å². The molecule has 0 amide bonds. The Hall–Kier alpha value is -0.750. The standard InChI is InChI=1S/C14H15ClIN3/c1-8(2)6-10-12(16)13(15)19-14(18-10)11-7-9(3)4-5-17-11/h4-5,7-8H,6H2,1-3H3. The third-order valence-electron chi connectivity index (χ3n) is 2.63. The number of rotatable bonds is 3. The van der Waals surface area contributed by atoms with Gasteiger partial charge in [0.15, 0.2) is 5.82 Å². The van der Waals surface area contributed by atoms with E-state index < -0.39 is 0 Å². The summed E-state index contributed by atoms with van der Waals surface area (Å²) in [6.45, 7) is 6.35. The molecule has 2 heterocycles. The van der Waals surface area contributed by atoms with Crippen LogP contribution in [0.2, 0.25) is 5.15 Å². The van der Waals surface area contributed by atoms with Crippen molar-refractivity contribution in [1.29, 1.82) is 0 Å². The van der Waals surface area contributed by atoms with Crippen molar-refractivity contribution in [2.45, 2.75) is 27.2 Å². The van der Waals surface area contributed by atoms with Gasteiger partial charge in [0.25, 0.3) is 0 Å². The largest absolute Gasteiger partial charge is 0.253 e. The van der Waals surface area contributed by atoms with E-state index >= 15 is 0 Å². The first kappa shape index (κ1) is 14.7. The monoisotopic (exact) mass is 387 g/mol. The quantitative estimate of drug-likeness (QED) is 0.582. The lowest BCUT2D eigenvalue weighted by molar-refractivity contribution is 0.632. The summed E-state index contributed by atoms with van der Waals surface area (Å²) < 4.78 is 0.935. The van der Waals surface area contributed by atoms with Crippen LogP contribution in [0.15, 0.2) is 18.3 Å². The summed E-state index contributed by atoms with van der Waals surface area (Å²) in [6, 6.07) is 3.92. The maximum absolute atomic E-state index is 6.21. The third-order valence-corrected chi connectivity index (χ3v) is 4.35. The average Bonchev–Trinajstić information content (AvgIpc) is 2.34. The molecule has 2 rings (SSSR count). The van der Waals surface area contributed by atoms with Crippen molar-refractivity contribution in [2.24, 2.45) is 5.92 Å². The molecule has 3 nitrogen and oxygen atoms in total. The van der Waals surface area contributed by atoms with Crippen LogP contribution < -0.4 is 0 Å². The van der Waals surface area contributed by atoms with Crippen LogP contribution in [0.1, 0.15) is 25.1 Å². The second-order valence-corrected chi connectivity index (χ2v) is 6.35. The second kappa shape index (κ2) is 6.13. The molecule has 0 aliphatic carbocycles. The molecule has 2 aromatic rings. The molecule has 0 aromatic carbocycles. The van der Waals surface area contributed by atoms with E-state index in [1.54, 1.807) is 6.20 Å². The van der Waals surface area contributed by atoms with E-state index in [1.165, 1.54) is 0 Å². The smallest absolute Gasteiger partial charge is 0.179 e. The predicted molar refractivity (Wildman–Crippen MR) is 86.3 cm³/mol.